The molecule has 1 amide bonds. The maximum atomic E-state index is 13.2. The van der Waals surface area contributed by atoms with Crippen molar-refractivity contribution in [1.82, 2.24) is 15.5 Å². The van der Waals surface area contributed by atoms with Gasteiger partial charge in [-0.25, -0.2) is 4.98 Å². The molecule has 1 N–H and O–H groups in total. The molecule has 180 valence electrons. The number of carbonyl (C=O) groups excluding carboxylic acids is 2. The van der Waals surface area contributed by atoms with Gasteiger partial charge in [-0.05, 0) is 38.0 Å². The average Bonchev–Trinajstić information content (AvgIpc) is 3.57. The topological polar surface area (TPSA) is 97.6 Å². The number of anilines is 1. The van der Waals surface area contributed by atoms with Gasteiger partial charge in [-0.15, -0.1) is 11.3 Å². The zero-order chi connectivity index (χ0) is 24.2. The number of aromatic nitrogens is 2. The lowest BCUT2D eigenvalue weighted by Crippen LogP contribution is -2.41. The Morgan fingerprint density at radius 1 is 1.23 bits per heavy atom. The smallest absolute Gasteiger partial charge is 0.310 e. The van der Waals surface area contributed by atoms with E-state index in [1.165, 1.54) is 11.0 Å². The summed E-state index contributed by atoms with van der Waals surface area (Å²) in [5.74, 6) is -0.128. The van der Waals surface area contributed by atoms with E-state index in [1.54, 1.807) is 17.4 Å². The molecule has 0 spiro atoms. The summed E-state index contributed by atoms with van der Waals surface area (Å²) < 4.78 is 11.3. The second kappa shape index (κ2) is 10.3. The predicted octanol–water partition coefficient (Wildman–Crippen LogP) is 4.66. The molecule has 1 aromatic carbocycles. The maximum Gasteiger partial charge on any atom is 0.310 e. The number of carbonyl (C=O) groups is 2. The summed E-state index contributed by atoms with van der Waals surface area (Å²) in [5, 5.41) is 9.98. The van der Waals surface area contributed by atoms with Gasteiger partial charge in [-0.2, -0.15) is 0 Å². The van der Waals surface area contributed by atoms with E-state index in [4.69, 9.17) is 14.2 Å². The quantitative estimate of drug-likeness (QED) is 0.376. The zero-order valence-corrected chi connectivity index (χ0v) is 20.2. The monoisotopic (exact) mass is 490 g/mol. The third-order valence-electron chi connectivity index (χ3n) is 6.14. The Morgan fingerprint density at radius 3 is 2.94 bits per heavy atom. The van der Waals surface area contributed by atoms with Gasteiger partial charge in [0, 0.05) is 40.2 Å². The van der Waals surface area contributed by atoms with Crippen LogP contribution in [0, 0.1) is 5.92 Å². The third kappa shape index (κ3) is 4.90. The molecule has 4 aromatic rings. The van der Waals surface area contributed by atoms with E-state index in [9.17, 15) is 9.59 Å². The Morgan fingerprint density at radius 2 is 2.11 bits per heavy atom. The minimum absolute atomic E-state index is 0.200. The summed E-state index contributed by atoms with van der Waals surface area (Å²) in [6, 6.07) is 13.6. The van der Waals surface area contributed by atoms with E-state index in [0.717, 1.165) is 29.5 Å². The van der Waals surface area contributed by atoms with Crippen molar-refractivity contribution in [3.8, 4) is 11.3 Å². The highest BCUT2D eigenvalue weighted by Crippen LogP contribution is 2.35. The first-order valence-electron chi connectivity index (χ1n) is 11.7. The second-order valence-electron chi connectivity index (χ2n) is 8.42. The number of fused-ring (bicyclic) bond motifs is 1. The van der Waals surface area contributed by atoms with Gasteiger partial charge in [-0.3, -0.25) is 9.59 Å². The fraction of sp³-hybridized carbons (Fsp3) is 0.308. The molecule has 1 aliphatic rings. The molecule has 0 aliphatic carbocycles. The van der Waals surface area contributed by atoms with Crippen LogP contribution < -0.4 is 10.2 Å². The molecule has 35 heavy (non-hydrogen) atoms. The number of pyridine rings is 1. The van der Waals surface area contributed by atoms with Gasteiger partial charge >= 0.3 is 5.97 Å². The number of thiophene rings is 1. The number of rotatable bonds is 7. The number of hydrogen-bond donors (Lipinski definition) is 1. The molecule has 5 rings (SSSR count). The van der Waals surface area contributed by atoms with Crippen LogP contribution in [0.2, 0.25) is 0 Å². The first-order chi connectivity index (χ1) is 17.1. The lowest BCUT2D eigenvalue weighted by Gasteiger charge is -2.33. The highest BCUT2D eigenvalue weighted by Gasteiger charge is 2.30. The SMILES string of the molecule is CCOC(=O)C1CCCN(c2nc(-c3csc4ccccc34)ccc2C(=O)NCc2ccon2)C1. The molecular formula is C26H26N4O4S. The first kappa shape index (κ1) is 23.0. The Bertz CT molecular complexity index is 1330. The van der Waals surface area contributed by atoms with Crippen LogP contribution in [0.5, 0.6) is 0 Å². The molecular weight excluding hydrogens is 464 g/mol. The van der Waals surface area contributed by atoms with Crippen LogP contribution in [-0.2, 0) is 16.1 Å². The van der Waals surface area contributed by atoms with Gasteiger partial charge < -0.3 is 19.5 Å². The molecule has 3 aromatic heterocycles. The summed E-state index contributed by atoms with van der Waals surface area (Å²) >= 11 is 1.67. The molecule has 1 aliphatic heterocycles. The summed E-state index contributed by atoms with van der Waals surface area (Å²) in [5.41, 5.74) is 2.92. The number of ether oxygens (including phenoxy) is 1. The molecule has 1 atom stereocenters. The summed E-state index contributed by atoms with van der Waals surface area (Å²) in [6.07, 6.45) is 3.05. The van der Waals surface area contributed by atoms with Crippen LogP contribution in [0.3, 0.4) is 0 Å². The Kier molecular flexibility index (Phi) is 6.76. The van der Waals surface area contributed by atoms with Gasteiger partial charge in [0.15, 0.2) is 0 Å². The highest BCUT2D eigenvalue weighted by atomic mass is 32.1. The molecule has 8 nitrogen and oxygen atoms in total. The van der Waals surface area contributed by atoms with E-state index < -0.39 is 0 Å². The van der Waals surface area contributed by atoms with Crippen molar-refractivity contribution in [2.45, 2.75) is 26.3 Å². The summed E-state index contributed by atoms with van der Waals surface area (Å²) in [4.78, 5) is 32.7. The largest absolute Gasteiger partial charge is 0.466 e. The molecule has 1 saturated heterocycles. The molecule has 9 heteroatoms. The second-order valence-corrected chi connectivity index (χ2v) is 9.34. The standard InChI is InChI=1S/C26H26N4O4S/c1-2-33-26(32)17-6-5-12-30(15-17)24-20(25(31)27-14-18-11-13-34-29-18)9-10-22(28-24)21-16-35-23-8-4-3-7-19(21)23/h3-4,7-11,13,16-17H,2,5-6,12,14-15H2,1H3,(H,27,31). The fourth-order valence-corrected chi connectivity index (χ4v) is 5.36. The highest BCUT2D eigenvalue weighted by molar-refractivity contribution is 7.17. The molecule has 0 bridgehead atoms. The van der Waals surface area contributed by atoms with Gasteiger partial charge in [-0.1, -0.05) is 23.4 Å². The van der Waals surface area contributed by atoms with E-state index >= 15 is 0 Å². The van der Waals surface area contributed by atoms with Crippen LogP contribution in [-0.4, -0.2) is 41.7 Å². The minimum atomic E-state index is -0.254. The number of benzene rings is 1. The van der Waals surface area contributed by atoms with E-state index in [2.05, 4.69) is 28.0 Å². The first-order valence-corrected chi connectivity index (χ1v) is 12.6. The van der Waals surface area contributed by atoms with Crippen LogP contribution >= 0.6 is 11.3 Å². The molecule has 1 fully saturated rings. The van der Waals surface area contributed by atoms with Crippen molar-refractivity contribution in [1.29, 1.82) is 0 Å². The number of esters is 1. The summed E-state index contributed by atoms with van der Waals surface area (Å²) in [6.45, 7) is 3.58. The molecule has 0 saturated carbocycles. The van der Waals surface area contributed by atoms with Crippen molar-refractivity contribution in [3.05, 3.63) is 65.4 Å². The van der Waals surface area contributed by atoms with Crippen molar-refractivity contribution in [2.75, 3.05) is 24.6 Å². The van der Waals surface area contributed by atoms with Gasteiger partial charge in [0.2, 0.25) is 0 Å². The maximum absolute atomic E-state index is 13.2. The number of nitrogens with one attached hydrogen (secondary N) is 1. The van der Waals surface area contributed by atoms with Crippen molar-refractivity contribution in [2.24, 2.45) is 5.92 Å². The third-order valence-corrected chi connectivity index (χ3v) is 7.10. The average molecular weight is 491 g/mol. The Hall–Kier alpha value is -3.72. The summed E-state index contributed by atoms with van der Waals surface area (Å²) in [7, 11) is 0. The van der Waals surface area contributed by atoms with Crippen LogP contribution in [0.25, 0.3) is 21.3 Å². The normalized spacial score (nSPS) is 15.8. The van der Waals surface area contributed by atoms with Gasteiger partial charge in [0.25, 0.3) is 5.91 Å². The van der Waals surface area contributed by atoms with Crippen molar-refractivity contribution in [3.63, 3.8) is 0 Å². The van der Waals surface area contributed by atoms with Crippen LogP contribution in [0.15, 0.2) is 58.6 Å². The molecule has 4 heterocycles. The van der Waals surface area contributed by atoms with Crippen LogP contribution in [0.4, 0.5) is 5.82 Å². The number of amides is 1. The number of hydrogen-bond acceptors (Lipinski definition) is 8. The minimum Gasteiger partial charge on any atom is -0.466 e. The van der Waals surface area contributed by atoms with E-state index in [0.29, 0.717) is 36.8 Å². The lowest BCUT2D eigenvalue weighted by molar-refractivity contribution is -0.148. The fourth-order valence-electron chi connectivity index (χ4n) is 4.41. The predicted molar refractivity (Wildman–Crippen MR) is 134 cm³/mol. The van der Waals surface area contributed by atoms with Crippen molar-refractivity contribution >= 4 is 39.1 Å². The number of nitrogens with zero attached hydrogens (tertiary/aromatic N) is 3. The molecule has 0 radical (unpaired) electrons. The molecule has 1 unspecified atom stereocenters. The van der Waals surface area contributed by atoms with E-state index in [-0.39, 0.29) is 24.3 Å². The van der Waals surface area contributed by atoms with Crippen molar-refractivity contribution < 1.29 is 18.8 Å². The van der Waals surface area contributed by atoms with Crippen LogP contribution in [0.1, 0.15) is 35.8 Å². The van der Waals surface area contributed by atoms with Gasteiger partial charge in [0.05, 0.1) is 30.3 Å². The zero-order valence-electron chi connectivity index (χ0n) is 19.4. The van der Waals surface area contributed by atoms with Gasteiger partial charge in [0.1, 0.15) is 17.8 Å². The Balaban J connectivity index is 1.50. The number of piperidine rings is 1. The lowest BCUT2D eigenvalue weighted by atomic mass is 9.97. The Labute approximate surface area is 206 Å². The van der Waals surface area contributed by atoms with E-state index in [1.807, 2.05) is 36.1 Å².